The molecule has 1 aromatic heterocycles. The zero-order chi connectivity index (χ0) is 13.8. The Hall–Kier alpha value is -2.46. The van der Waals surface area contributed by atoms with Gasteiger partial charge in [-0.2, -0.15) is 0 Å². The zero-order valence-electron chi connectivity index (χ0n) is 11.1. The quantitative estimate of drug-likeness (QED) is 0.787. The Balaban J connectivity index is 2.08. The van der Waals surface area contributed by atoms with Crippen LogP contribution in [0.15, 0.2) is 60.7 Å². The molecule has 2 aromatic carbocycles. The maximum atomic E-state index is 5.67. The van der Waals surface area contributed by atoms with E-state index in [2.05, 4.69) is 10.1 Å². The monoisotopic (exact) mass is 264 g/mol. The molecule has 0 saturated heterocycles. The largest absolute Gasteiger partial charge is 0.330 e. The van der Waals surface area contributed by atoms with Gasteiger partial charge >= 0.3 is 0 Å². The molecule has 4 nitrogen and oxygen atoms in total. The molecule has 2 N–H and O–H groups in total. The second-order valence-electron chi connectivity index (χ2n) is 4.50. The van der Waals surface area contributed by atoms with Crippen molar-refractivity contribution in [3.8, 4) is 17.1 Å². The lowest BCUT2D eigenvalue weighted by atomic mass is 10.2. The van der Waals surface area contributed by atoms with E-state index in [0.717, 1.165) is 22.9 Å². The molecule has 0 saturated carbocycles. The second kappa shape index (κ2) is 5.67. The van der Waals surface area contributed by atoms with Crippen molar-refractivity contribution in [2.75, 3.05) is 6.54 Å². The van der Waals surface area contributed by atoms with Crippen LogP contribution in [-0.4, -0.2) is 21.3 Å². The van der Waals surface area contributed by atoms with Crippen LogP contribution in [0.1, 0.15) is 5.82 Å². The number of aromatic nitrogens is 3. The minimum absolute atomic E-state index is 0.555. The molecule has 1 heterocycles. The third kappa shape index (κ3) is 2.46. The summed E-state index contributed by atoms with van der Waals surface area (Å²) in [7, 11) is 0. The number of para-hydroxylation sites is 1. The Labute approximate surface area is 117 Å². The molecule has 0 bridgehead atoms. The standard InChI is InChI=1S/C16H16N4/c17-12-11-15-18-16(13-7-3-1-4-8-13)19-20(15)14-9-5-2-6-10-14/h1-10H,11-12,17H2. The van der Waals surface area contributed by atoms with E-state index in [1.165, 1.54) is 0 Å². The van der Waals surface area contributed by atoms with E-state index in [1.54, 1.807) is 0 Å². The molecule has 3 rings (SSSR count). The van der Waals surface area contributed by atoms with Gasteiger partial charge in [0.05, 0.1) is 5.69 Å². The molecule has 0 aliphatic heterocycles. The summed E-state index contributed by atoms with van der Waals surface area (Å²) >= 11 is 0. The third-order valence-corrected chi connectivity index (χ3v) is 3.07. The summed E-state index contributed by atoms with van der Waals surface area (Å²) in [5, 5.41) is 4.62. The Kier molecular flexibility index (Phi) is 3.56. The molecular weight excluding hydrogens is 248 g/mol. The van der Waals surface area contributed by atoms with Gasteiger partial charge in [-0.25, -0.2) is 9.67 Å². The van der Waals surface area contributed by atoms with Crippen LogP contribution in [0.4, 0.5) is 0 Å². The van der Waals surface area contributed by atoms with Gasteiger partial charge in [0.1, 0.15) is 5.82 Å². The van der Waals surface area contributed by atoms with Crippen LogP contribution in [0.2, 0.25) is 0 Å². The number of rotatable bonds is 4. The van der Waals surface area contributed by atoms with Gasteiger partial charge in [-0.1, -0.05) is 48.5 Å². The summed E-state index contributed by atoms with van der Waals surface area (Å²) in [4.78, 5) is 4.62. The molecule has 0 fully saturated rings. The first kappa shape index (κ1) is 12.6. The fraction of sp³-hybridized carbons (Fsp3) is 0.125. The highest BCUT2D eigenvalue weighted by atomic mass is 15.4. The Morgan fingerprint density at radius 1 is 0.900 bits per heavy atom. The first-order valence-corrected chi connectivity index (χ1v) is 6.65. The van der Waals surface area contributed by atoms with Gasteiger partial charge in [0, 0.05) is 12.0 Å². The molecule has 20 heavy (non-hydrogen) atoms. The Morgan fingerprint density at radius 2 is 1.55 bits per heavy atom. The maximum Gasteiger partial charge on any atom is 0.181 e. The molecule has 0 aliphatic carbocycles. The van der Waals surface area contributed by atoms with Crippen LogP contribution >= 0.6 is 0 Å². The highest BCUT2D eigenvalue weighted by Crippen LogP contribution is 2.18. The van der Waals surface area contributed by atoms with Crippen molar-refractivity contribution in [3.63, 3.8) is 0 Å². The van der Waals surface area contributed by atoms with E-state index in [-0.39, 0.29) is 0 Å². The van der Waals surface area contributed by atoms with E-state index >= 15 is 0 Å². The normalized spacial score (nSPS) is 10.7. The summed E-state index contributed by atoms with van der Waals surface area (Å²) in [6.07, 6.45) is 0.703. The minimum atomic E-state index is 0.555. The molecule has 0 unspecified atom stereocenters. The maximum absolute atomic E-state index is 5.67. The lowest BCUT2D eigenvalue weighted by Crippen LogP contribution is -2.09. The van der Waals surface area contributed by atoms with Crippen LogP contribution in [0.5, 0.6) is 0 Å². The van der Waals surface area contributed by atoms with E-state index in [4.69, 9.17) is 5.73 Å². The van der Waals surface area contributed by atoms with Crippen LogP contribution < -0.4 is 5.73 Å². The first-order chi connectivity index (χ1) is 9.88. The summed E-state index contributed by atoms with van der Waals surface area (Å²) in [6.45, 7) is 0.555. The second-order valence-corrected chi connectivity index (χ2v) is 4.50. The van der Waals surface area contributed by atoms with Gasteiger partial charge in [-0.15, -0.1) is 5.10 Å². The van der Waals surface area contributed by atoms with E-state index < -0.39 is 0 Å². The van der Waals surface area contributed by atoms with Crippen molar-refractivity contribution in [2.24, 2.45) is 5.73 Å². The molecule has 0 spiro atoms. The minimum Gasteiger partial charge on any atom is -0.330 e. The molecule has 0 amide bonds. The molecule has 100 valence electrons. The summed E-state index contributed by atoms with van der Waals surface area (Å²) in [5.41, 5.74) is 7.69. The predicted molar refractivity (Wildman–Crippen MR) is 79.6 cm³/mol. The van der Waals surface area contributed by atoms with Crippen LogP contribution in [-0.2, 0) is 6.42 Å². The topological polar surface area (TPSA) is 56.7 Å². The Bertz CT molecular complexity index is 674. The zero-order valence-corrected chi connectivity index (χ0v) is 11.1. The average molecular weight is 264 g/mol. The van der Waals surface area contributed by atoms with Gasteiger partial charge < -0.3 is 5.73 Å². The van der Waals surface area contributed by atoms with Crippen molar-refractivity contribution in [2.45, 2.75) is 6.42 Å². The van der Waals surface area contributed by atoms with Crippen molar-refractivity contribution in [1.29, 1.82) is 0 Å². The fourth-order valence-electron chi connectivity index (χ4n) is 2.12. The SMILES string of the molecule is NCCc1nc(-c2ccccc2)nn1-c1ccccc1. The predicted octanol–water partition coefficient (Wildman–Crippen LogP) is 2.44. The lowest BCUT2D eigenvalue weighted by Gasteiger charge is -2.03. The Morgan fingerprint density at radius 3 is 2.20 bits per heavy atom. The summed E-state index contributed by atoms with van der Waals surface area (Å²) in [5.74, 6) is 1.62. The lowest BCUT2D eigenvalue weighted by molar-refractivity contribution is 0.776. The first-order valence-electron chi connectivity index (χ1n) is 6.65. The van der Waals surface area contributed by atoms with Gasteiger partial charge in [0.15, 0.2) is 5.82 Å². The summed E-state index contributed by atoms with van der Waals surface area (Å²) < 4.78 is 1.87. The molecule has 0 atom stereocenters. The average Bonchev–Trinajstić information content (AvgIpc) is 2.94. The number of hydrogen-bond acceptors (Lipinski definition) is 3. The molecule has 4 heteroatoms. The van der Waals surface area contributed by atoms with E-state index in [9.17, 15) is 0 Å². The van der Waals surface area contributed by atoms with Crippen molar-refractivity contribution >= 4 is 0 Å². The molecule has 0 aliphatic rings. The number of benzene rings is 2. The van der Waals surface area contributed by atoms with Crippen LogP contribution in [0.3, 0.4) is 0 Å². The van der Waals surface area contributed by atoms with E-state index in [1.807, 2.05) is 65.3 Å². The molecular formula is C16H16N4. The van der Waals surface area contributed by atoms with Crippen LogP contribution in [0.25, 0.3) is 17.1 Å². The van der Waals surface area contributed by atoms with Gasteiger partial charge in [0.25, 0.3) is 0 Å². The highest BCUT2D eigenvalue weighted by molar-refractivity contribution is 5.54. The fourth-order valence-corrected chi connectivity index (χ4v) is 2.12. The molecule has 3 aromatic rings. The van der Waals surface area contributed by atoms with Crippen molar-refractivity contribution in [1.82, 2.24) is 14.8 Å². The van der Waals surface area contributed by atoms with Gasteiger partial charge in [0.2, 0.25) is 0 Å². The smallest absolute Gasteiger partial charge is 0.181 e. The van der Waals surface area contributed by atoms with Gasteiger partial charge in [-0.3, -0.25) is 0 Å². The van der Waals surface area contributed by atoms with Crippen molar-refractivity contribution < 1.29 is 0 Å². The van der Waals surface area contributed by atoms with Crippen LogP contribution in [0, 0.1) is 0 Å². The third-order valence-electron chi connectivity index (χ3n) is 3.07. The van der Waals surface area contributed by atoms with Gasteiger partial charge in [-0.05, 0) is 18.7 Å². The number of nitrogens with zero attached hydrogens (tertiary/aromatic N) is 3. The molecule has 0 radical (unpaired) electrons. The highest BCUT2D eigenvalue weighted by Gasteiger charge is 2.11. The van der Waals surface area contributed by atoms with Crippen molar-refractivity contribution in [3.05, 3.63) is 66.5 Å². The number of hydrogen-bond donors (Lipinski definition) is 1. The number of nitrogens with two attached hydrogens (primary N) is 1. The van der Waals surface area contributed by atoms with E-state index in [0.29, 0.717) is 13.0 Å². The summed E-state index contributed by atoms with van der Waals surface area (Å²) in [6, 6.07) is 20.0.